The van der Waals surface area contributed by atoms with E-state index in [1.54, 1.807) is 0 Å². The Labute approximate surface area is 93.0 Å². The molecule has 0 unspecified atom stereocenters. The van der Waals surface area contributed by atoms with Crippen molar-refractivity contribution in [2.45, 2.75) is 6.42 Å². The molecular formula is C10H13ClN2O2. The van der Waals surface area contributed by atoms with Gasteiger partial charge in [0.05, 0.1) is 10.6 Å². The van der Waals surface area contributed by atoms with Crippen LogP contribution in [0.1, 0.15) is 16.8 Å². The molecular weight excluding hydrogens is 216 g/mol. The predicted molar refractivity (Wildman–Crippen MR) is 59.1 cm³/mol. The number of carbonyl (C=O) groups excluding carboxylic acids is 1. The monoisotopic (exact) mass is 228 g/mol. The van der Waals surface area contributed by atoms with Crippen LogP contribution < -0.4 is 11.1 Å². The average molecular weight is 229 g/mol. The lowest BCUT2D eigenvalue weighted by atomic mass is 10.2. The van der Waals surface area contributed by atoms with Gasteiger partial charge in [-0.25, -0.2) is 0 Å². The Morgan fingerprint density at radius 2 is 2.27 bits per heavy atom. The highest BCUT2D eigenvalue weighted by Crippen LogP contribution is 2.21. The first-order valence-corrected chi connectivity index (χ1v) is 4.99. The normalized spacial score (nSPS) is 10.0. The van der Waals surface area contributed by atoms with E-state index in [0.717, 1.165) is 6.42 Å². The second-order valence-electron chi connectivity index (χ2n) is 3.06. The Kier molecular flexibility index (Phi) is 4.39. The van der Waals surface area contributed by atoms with Gasteiger partial charge in [0.1, 0.15) is 5.75 Å². The molecule has 0 spiro atoms. The molecule has 0 aliphatic rings. The number of nitrogens with one attached hydrogen (secondary N) is 1. The van der Waals surface area contributed by atoms with Gasteiger partial charge in [-0.3, -0.25) is 4.79 Å². The van der Waals surface area contributed by atoms with Crippen molar-refractivity contribution in [3.63, 3.8) is 0 Å². The van der Waals surface area contributed by atoms with Gasteiger partial charge < -0.3 is 16.2 Å². The van der Waals surface area contributed by atoms with Crippen molar-refractivity contribution in [1.29, 1.82) is 0 Å². The first-order valence-electron chi connectivity index (χ1n) is 4.62. The van der Waals surface area contributed by atoms with Crippen molar-refractivity contribution < 1.29 is 9.90 Å². The fourth-order valence-electron chi connectivity index (χ4n) is 1.09. The topological polar surface area (TPSA) is 75.3 Å². The Hall–Kier alpha value is -1.26. The number of hydrogen-bond acceptors (Lipinski definition) is 3. The van der Waals surface area contributed by atoms with Crippen LogP contribution in [-0.2, 0) is 0 Å². The van der Waals surface area contributed by atoms with E-state index in [0.29, 0.717) is 18.7 Å². The Balaban J connectivity index is 2.65. The van der Waals surface area contributed by atoms with E-state index in [-0.39, 0.29) is 16.7 Å². The SMILES string of the molecule is NCCCNC(=O)c1ccc(O)cc1Cl. The number of phenols is 1. The summed E-state index contributed by atoms with van der Waals surface area (Å²) in [7, 11) is 0. The number of aromatic hydroxyl groups is 1. The maximum atomic E-state index is 11.5. The highest BCUT2D eigenvalue weighted by molar-refractivity contribution is 6.34. The van der Waals surface area contributed by atoms with E-state index in [9.17, 15) is 4.79 Å². The molecule has 82 valence electrons. The zero-order valence-electron chi connectivity index (χ0n) is 8.16. The van der Waals surface area contributed by atoms with Crippen LogP contribution in [0.15, 0.2) is 18.2 Å². The van der Waals surface area contributed by atoms with Gasteiger partial charge in [0.2, 0.25) is 0 Å². The van der Waals surface area contributed by atoms with Crippen LogP contribution >= 0.6 is 11.6 Å². The van der Waals surface area contributed by atoms with Crippen molar-refractivity contribution in [1.82, 2.24) is 5.32 Å². The van der Waals surface area contributed by atoms with Crippen molar-refractivity contribution in [2.75, 3.05) is 13.1 Å². The molecule has 0 fully saturated rings. The molecule has 0 radical (unpaired) electrons. The third-order valence-corrected chi connectivity index (χ3v) is 2.18. The quantitative estimate of drug-likeness (QED) is 0.676. The molecule has 15 heavy (non-hydrogen) atoms. The second-order valence-corrected chi connectivity index (χ2v) is 3.47. The van der Waals surface area contributed by atoms with Crippen molar-refractivity contribution in [3.05, 3.63) is 28.8 Å². The Bertz CT molecular complexity index is 355. The molecule has 1 aromatic rings. The lowest BCUT2D eigenvalue weighted by molar-refractivity contribution is 0.0953. The zero-order chi connectivity index (χ0) is 11.3. The van der Waals surface area contributed by atoms with E-state index in [1.165, 1.54) is 18.2 Å². The summed E-state index contributed by atoms with van der Waals surface area (Å²) in [5.41, 5.74) is 5.65. The summed E-state index contributed by atoms with van der Waals surface area (Å²) in [4.78, 5) is 11.5. The first-order chi connectivity index (χ1) is 7.15. The maximum absolute atomic E-state index is 11.5. The Morgan fingerprint density at radius 1 is 1.53 bits per heavy atom. The summed E-state index contributed by atoms with van der Waals surface area (Å²) in [6, 6.07) is 4.23. The molecule has 1 aromatic carbocycles. The van der Waals surface area contributed by atoms with Gasteiger partial charge in [-0.15, -0.1) is 0 Å². The lowest BCUT2D eigenvalue weighted by Crippen LogP contribution is -2.26. The van der Waals surface area contributed by atoms with Crippen LogP contribution in [0.5, 0.6) is 5.75 Å². The molecule has 1 amide bonds. The number of amides is 1. The summed E-state index contributed by atoms with van der Waals surface area (Å²) < 4.78 is 0. The van der Waals surface area contributed by atoms with Gasteiger partial charge in [-0.05, 0) is 31.2 Å². The minimum atomic E-state index is -0.256. The number of benzene rings is 1. The number of halogens is 1. The molecule has 0 aliphatic carbocycles. The summed E-state index contributed by atoms with van der Waals surface area (Å²) in [5.74, 6) is -0.216. The third kappa shape index (κ3) is 3.42. The van der Waals surface area contributed by atoms with E-state index < -0.39 is 0 Å². The van der Waals surface area contributed by atoms with Crippen LogP contribution in [0.25, 0.3) is 0 Å². The minimum absolute atomic E-state index is 0.0403. The van der Waals surface area contributed by atoms with Crippen LogP contribution in [0.3, 0.4) is 0 Å². The molecule has 0 saturated heterocycles. The minimum Gasteiger partial charge on any atom is -0.508 e. The molecule has 4 nitrogen and oxygen atoms in total. The summed E-state index contributed by atoms with van der Waals surface area (Å²) in [5, 5.41) is 12.0. The van der Waals surface area contributed by atoms with Gasteiger partial charge in [0.25, 0.3) is 5.91 Å². The molecule has 1 rings (SSSR count). The second kappa shape index (κ2) is 5.58. The van der Waals surface area contributed by atoms with Crippen LogP contribution in [-0.4, -0.2) is 24.1 Å². The average Bonchev–Trinajstić information content (AvgIpc) is 2.17. The number of rotatable bonds is 4. The number of carbonyl (C=O) groups is 1. The van der Waals surface area contributed by atoms with Gasteiger partial charge in [0, 0.05) is 6.54 Å². The highest BCUT2D eigenvalue weighted by Gasteiger charge is 2.09. The molecule has 4 N–H and O–H groups in total. The number of nitrogens with two attached hydrogens (primary N) is 1. The summed E-state index contributed by atoms with van der Waals surface area (Å²) in [6.07, 6.45) is 0.724. The molecule has 0 saturated carbocycles. The third-order valence-electron chi connectivity index (χ3n) is 1.86. The van der Waals surface area contributed by atoms with E-state index in [1.807, 2.05) is 0 Å². The van der Waals surface area contributed by atoms with Crippen molar-refractivity contribution >= 4 is 17.5 Å². The van der Waals surface area contributed by atoms with E-state index >= 15 is 0 Å². The van der Waals surface area contributed by atoms with Crippen molar-refractivity contribution in [3.8, 4) is 5.75 Å². The number of hydrogen-bond donors (Lipinski definition) is 3. The van der Waals surface area contributed by atoms with Crippen molar-refractivity contribution in [2.24, 2.45) is 5.73 Å². The van der Waals surface area contributed by atoms with Crippen LogP contribution in [0.4, 0.5) is 0 Å². The molecule has 0 bridgehead atoms. The van der Waals surface area contributed by atoms with E-state index in [4.69, 9.17) is 22.4 Å². The fourth-order valence-corrected chi connectivity index (χ4v) is 1.35. The van der Waals surface area contributed by atoms with Gasteiger partial charge in [-0.1, -0.05) is 11.6 Å². The Morgan fingerprint density at radius 3 is 2.87 bits per heavy atom. The first kappa shape index (κ1) is 11.8. The highest BCUT2D eigenvalue weighted by atomic mass is 35.5. The van der Waals surface area contributed by atoms with Crippen LogP contribution in [0, 0.1) is 0 Å². The number of phenolic OH excluding ortho intramolecular Hbond substituents is 1. The molecule has 5 heteroatoms. The largest absolute Gasteiger partial charge is 0.508 e. The molecule has 0 atom stereocenters. The summed E-state index contributed by atoms with van der Waals surface area (Å²) >= 11 is 5.79. The van der Waals surface area contributed by atoms with Gasteiger partial charge >= 0.3 is 0 Å². The standard InChI is InChI=1S/C10H13ClN2O2/c11-9-6-7(14)2-3-8(9)10(15)13-5-1-4-12/h2-3,6,14H,1,4-5,12H2,(H,13,15). The fraction of sp³-hybridized carbons (Fsp3) is 0.300. The van der Waals surface area contributed by atoms with Crippen LogP contribution in [0.2, 0.25) is 5.02 Å². The summed E-state index contributed by atoms with van der Waals surface area (Å²) in [6.45, 7) is 1.05. The predicted octanol–water partition coefficient (Wildman–Crippen LogP) is 1.12. The molecule has 0 aliphatic heterocycles. The molecule has 0 aromatic heterocycles. The smallest absolute Gasteiger partial charge is 0.252 e. The zero-order valence-corrected chi connectivity index (χ0v) is 8.92. The lowest BCUT2D eigenvalue weighted by Gasteiger charge is -2.06. The van der Waals surface area contributed by atoms with E-state index in [2.05, 4.69) is 5.32 Å². The van der Waals surface area contributed by atoms with Gasteiger partial charge in [-0.2, -0.15) is 0 Å². The molecule has 0 heterocycles. The maximum Gasteiger partial charge on any atom is 0.252 e. The van der Waals surface area contributed by atoms with Gasteiger partial charge in [0.15, 0.2) is 0 Å².